The topological polar surface area (TPSA) is 101 Å². The van der Waals surface area contributed by atoms with Crippen molar-refractivity contribution >= 4 is 34.0 Å². The Kier molecular flexibility index (Phi) is 3.27. The Bertz CT molecular complexity index is 1110. The Balaban J connectivity index is 2.00. The molecule has 128 valence electrons. The first-order valence-electron chi connectivity index (χ1n) is 7.78. The van der Waals surface area contributed by atoms with E-state index < -0.39 is 16.7 Å². The number of amides is 2. The van der Waals surface area contributed by atoms with E-state index in [1.165, 1.54) is 36.4 Å². The number of carbonyl (C=O) groups is 2. The Morgan fingerprint density at radius 1 is 1.00 bits per heavy atom. The molecule has 1 aliphatic heterocycles. The summed E-state index contributed by atoms with van der Waals surface area (Å²) in [6.45, 7) is 1.68. The number of hydrogen-bond donors (Lipinski definition) is 1. The number of rotatable bonds is 2. The number of hydrogen-bond acceptors (Lipinski definition) is 5. The monoisotopic (exact) mass is 348 g/mol. The van der Waals surface area contributed by atoms with E-state index in [2.05, 4.69) is 0 Å². The van der Waals surface area contributed by atoms with Crippen molar-refractivity contribution in [2.75, 3.05) is 4.90 Å². The van der Waals surface area contributed by atoms with Crippen molar-refractivity contribution in [2.45, 2.75) is 6.92 Å². The van der Waals surface area contributed by atoms with Crippen LogP contribution < -0.4 is 4.90 Å². The lowest BCUT2D eigenvalue weighted by Gasteiger charge is -2.28. The lowest BCUT2D eigenvalue weighted by molar-refractivity contribution is -0.383. The largest absolute Gasteiger partial charge is 0.508 e. The molecule has 2 amide bonds. The summed E-state index contributed by atoms with van der Waals surface area (Å²) >= 11 is 0. The lowest BCUT2D eigenvalue weighted by Crippen LogP contribution is -2.40. The van der Waals surface area contributed by atoms with E-state index in [0.717, 1.165) is 4.90 Å². The van der Waals surface area contributed by atoms with Crippen molar-refractivity contribution in [2.24, 2.45) is 0 Å². The maximum absolute atomic E-state index is 13.0. The van der Waals surface area contributed by atoms with Gasteiger partial charge in [-0.1, -0.05) is 6.07 Å². The van der Waals surface area contributed by atoms with Gasteiger partial charge in [-0.15, -0.1) is 0 Å². The van der Waals surface area contributed by atoms with E-state index in [1.807, 2.05) is 0 Å². The van der Waals surface area contributed by atoms with E-state index in [1.54, 1.807) is 19.1 Å². The SMILES string of the molecule is Cc1cc(O)ccc1N1C(=O)c2cccc3c([N+](=O)[O-])ccc(c23)C1=O. The quantitative estimate of drug-likeness (QED) is 0.433. The summed E-state index contributed by atoms with van der Waals surface area (Å²) in [7, 11) is 0. The molecule has 1 N–H and O–H groups in total. The first kappa shape index (κ1) is 15.8. The fraction of sp³-hybridized carbons (Fsp3) is 0.0526. The van der Waals surface area contributed by atoms with Crippen LogP contribution in [0.15, 0.2) is 48.5 Å². The van der Waals surface area contributed by atoms with Crippen molar-refractivity contribution in [3.05, 3.63) is 75.3 Å². The summed E-state index contributed by atoms with van der Waals surface area (Å²) < 4.78 is 0. The van der Waals surface area contributed by atoms with Crippen LogP contribution >= 0.6 is 0 Å². The highest BCUT2D eigenvalue weighted by molar-refractivity contribution is 6.36. The number of aromatic hydroxyl groups is 1. The summed E-state index contributed by atoms with van der Waals surface area (Å²) in [5.74, 6) is -1.08. The smallest absolute Gasteiger partial charge is 0.277 e. The van der Waals surface area contributed by atoms with Gasteiger partial charge >= 0.3 is 0 Å². The third-order valence-corrected chi connectivity index (χ3v) is 4.50. The third kappa shape index (κ3) is 2.07. The number of phenolic OH excluding ortho intramolecular Hbond substituents is 1. The van der Waals surface area contributed by atoms with Crippen molar-refractivity contribution < 1.29 is 19.6 Å². The molecule has 0 atom stereocenters. The number of aryl methyl sites for hydroxylation is 1. The van der Waals surface area contributed by atoms with Crippen molar-refractivity contribution in [1.82, 2.24) is 0 Å². The maximum atomic E-state index is 13.0. The zero-order chi connectivity index (χ0) is 18.6. The first-order chi connectivity index (χ1) is 12.4. The third-order valence-electron chi connectivity index (χ3n) is 4.50. The Morgan fingerprint density at radius 3 is 2.35 bits per heavy atom. The normalized spacial score (nSPS) is 13.3. The van der Waals surface area contributed by atoms with Crippen LogP contribution in [0.2, 0.25) is 0 Å². The second-order valence-corrected chi connectivity index (χ2v) is 6.03. The molecule has 0 saturated heterocycles. The predicted octanol–water partition coefficient (Wildman–Crippen LogP) is 3.56. The molecule has 1 heterocycles. The maximum Gasteiger partial charge on any atom is 0.277 e. The van der Waals surface area contributed by atoms with Gasteiger partial charge in [0.1, 0.15) is 5.75 Å². The number of nitro benzene ring substituents is 1. The average molecular weight is 348 g/mol. The molecule has 3 aromatic rings. The molecular formula is C19H12N2O5. The van der Waals surface area contributed by atoms with Gasteiger partial charge in [0.05, 0.1) is 16.0 Å². The van der Waals surface area contributed by atoms with Crippen LogP contribution in [-0.4, -0.2) is 21.8 Å². The van der Waals surface area contributed by atoms with Crippen LogP contribution in [0.25, 0.3) is 10.8 Å². The summed E-state index contributed by atoms with van der Waals surface area (Å²) in [5.41, 5.74) is 1.23. The molecule has 0 spiro atoms. The summed E-state index contributed by atoms with van der Waals surface area (Å²) in [6.07, 6.45) is 0. The number of imide groups is 1. The zero-order valence-corrected chi connectivity index (χ0v) is 13.6. The minimum absolute atomic E-state index is 0.0290. The van der Waals surface area contributed by atoms with Gasteiger partial charge in [-0.2, -0.15) is 0 Å². The number of nitro groups is 1. The lowest BCUT2D eigenvalue weighted by atomic mass is 9.92. The highest BCUT2D eigenvalue weighted by Crippen LogP contribution is 2.37. The van der Waals surface area contributed by atoms with E-state index in [4.69, 9.17) is 0 Å². The number of nitrogens with zero attached hydrogens (tertiary/aromatic N) is 2. The number of carbonyl (C=O) groups excluding carboxylic acids is 2. The Hall–Kier alpha value is -3.74. The van der Waals surface area contributed by atoms with Crippen molar-refractivity contribution in [3.8, 4) is 5.75 Å². The standard InChI is InChI=1S/C19H12N2O5/c1-10-9-11(22)5-7-15(10)20-18(23)13-4-2-3-12-16(21(25)26)8-6-14(17(12)13)19(20)24/h2-9,22H,1H3. The summed E-state index contributed by atoms with van der Waals surface area (Å²) in [6, 6.07) is 11.6. The molecular weight excluding hydrogens is 336 g/mol. The molecule has 0 unspecified atom stereocenters. The summed E-state index contributed by atoms with van der Waals surface area (Å²) in [4.78, 5) is 37.8. The molecule has 0 aliphatic carbocycles. The van der Waals surface area contributed by atoms with E-state index in [0.29, 0.717) is 16.6 Å². The van der Waals surface area contributed by atoms with Gasteiger partial charge in [-0.05, 0) is 48.9 Å². The number of benzene rings is 3. The fourth-order valence-electron chi connectivity index (χ4n) is 3.35. The van der Waals surface area contributed by atoms with Gasteiger partial charge in [0, 0.05) is 22.6 Å². The van der Waals surface area contributed by atoms with Gasteiger partial charge in [0.25, 0.3) is 17.5 Å². The van der Waals surface area contributed by atoms with Gasteiger partial charge in [0.2, 0.25) is 0 Å². The molecule has 7 heteroatoms. The highest BCUT2D eigenvalue weighted by atomic mass is 16.6. The second-order valence-electron chi connectivity index (χ2n) is 6.03. The predicted molar refractivity (Wildman–Crippen MR) is 94.6 cm³/mol. The summed E-state index contributed by atoms with van der Waals surface area (Å²) in [5, 5.41) is 21.4. The van der Waals surface area contributed by atoms with Crippen LogP contribution in [0.3, 0.4) is 0 Å². The Labute approximate surface area is 147 Å². The van der Waals surface area contributed by atoms with E-state index in [9.17, 15) is 24.8 Å². The van der Waals surface area contributed by atoms with E-state index in [-0.39, 0.29) is 28.0 Å². The molecule has 26 heavy (non-hydrogen) atoms. The molecule has 0 saturated carbocycles. The minimum atomic E-state index is -0.553. The first-order valence-corrected chi connectivity index (χ1v) is 7.78. The van der Waals surface area contributed by atoms with Crippen molar-refractivity contribution in [3.63, 3.8) is 0 Å². The van der Waals surface area contributed by atoms with Gasteiger partial charge in [-0.25, -0.2) is 4.90 Å². The number of non-ortho nitro benzene ring substituents is 1. The molecule has 1 aliphatic rings. The van der Waals surface area contributed by atoms with Crippen LogP contribution in [0.1, 0.15) is 26.3 Å². The molecule has 0 aromatic heterocycles. The van der Waals surface area contributed by atoms with Crippen LogP contribution in [-0.2, 0) is 0 Å². The molecule has 0 bridgehead atoms. The zero-order valence-electron chi connectivity index (χ0n) is 13.6. The average Bonchev–Trinajstić information content (AvgIpc) is 2.60. The molecule has 4 rings (SSSR count). The van der Waals surface area contributed by atoms with Gasteiger partial charge < -0.3 is 5.11 Å². The number of phenols is 1. The number of anilines is 1. The minimum Gasteiger partial charge on any atom is -0.508 e. The van der Waals surface area contributed by atoms with Gasteiger partial charge in [-0.3, -0.25) is 19.7 Å². The Morgan fingerprint density at radius 2 is 1.69 bits per heavy atom. The highest BCUT2D eigenvalue weighted by Gasteiger charge is 2.36. The van der Waals surface area contributed by atoms with Crippen molar-refractivity contribution in [1.29, 1.82) is 0 Å². The van der Waals surface area contributed by atoms with Crippen LogP contribution in [0.4, 0.5) is 11.4 Å². The second kappa shape index (κ2) is 5.38. The molecule has 7 nitrogen and oxygen atoms in total. The fourth-order valence-corrected chi connectivity index (χ4v) is 3.35. The van der Waals surface area contributed by atoms with Gasteiger partial charge in [0.15, 0.2) is 0 Å². The van der Waals surface area contributed by atoms with E-state index >= 15 is 0 Å². The molecule has 0 radical (unpaired) electrons. The van der Waals surface area contributed by atoms with Crippen LogP contribution in [0, 0.1) is 17.0 Å². The van der Waals surface area contributed by atoms with Crippen LogP contribution in [0.5, 0.6) is 5.75 Å². The molecule has 3 aromatic carbocycles. The molecule has 0 fully saturated rings.